The van der Waals surface area contributed by atoms with Crippen LogP contribution in [-0.4, -0.2) is 16.9 Å². The molecule has 0 saturated carbocycles. The van der Waals surface area contributed by atoms with Crippen LogP contribution in [0.2, 0.25) is 0 Å². The zero-order chi connectivity index (χ0) is 26.3. The number of nitrogens with zero attached hydrogens (tertiary/aromatic N) is 1. The van der Waals surface area contributed by atoms with Crippen molar-refractivity contribution in [3.05, 3.63) is 23.8 Å². The molecule has 3 atom stereocenters. The molecule has 0 radical (unpaired) electrons. The Balaban J connectivity index is 3.38. The van der Waals surface area contributed by atoms with Gasteiger partial charge in [-0.3, -0.25) is 14.4 Å². The normalized spacial score (nSPS) is 14.4. The van der Waals surface area contributed by atoms with Crippen molar-refractivity contribution < 1.29 is 23.2 Å². The van der Waals surface area contributed by atoms with Gasteiger partial charge in [0.05, 0.1) is 10.6 Å². The summed E-state index contributed by atoms with van der Waals surface area (Å²) in [6.45, 7) is 17.7. The van der Waals surface area contributed by atoms with E-state index in [1.54, 1.807) is 0 Å². The predicted octanol–water partition coefficient (Wildman–Crippen LogP) is 7.49. The van der Waals surface area contributed by atoms with E-state index >= 15 is 0 Å². The maximum atomic E-state index is 15.0. The fourth-order valence-corrected chi connectivity index (χ4v) is 3.96. The van der Waals surface area contributed by atoms with E-state index in [-0.39, 0.29) is 70.5 Å². The van der Waals surface area contributed by atoms with Crippen LogP contribution in [0.5, 0.6) is 0 Å². The van der Waals surface area contributed by atoms with Crippen LogP contribution in [0.4, 0.5) is 14.5 Å². The lowest BCUT2D eigenvalue weighted by Crippen LogP contribution is -2.40. The van der Waals surface area contributed by atoms with Gasteiger partial charge in [-0.2, -0.15) is 0 Å². The van der Waals surface area contributed by atoms with Crippen molar-refractivity contribution in [2.75, 3.05) is 4.90 Å². The Labute approximate surface area is 208 Å². The van der Waals surface area contributed by atoms with Gasteiger partial charge in [-0.25, -0.2) is 13.7 Å². The average molecular weight is 498 g/mol. The fourth-order valence-electron chi connectivity index (χ4n) is 3.04. The minimum absolute atomic E-state index is 0.0261. The van der Waals surface area contributed by atoms with Crippen LogP contribution < -0.4 is 4.90 Å². The highest BCUT2D eigenvalue weighted by Crippen LogP contribution is 2.34. The lowest BCUT2D eigenvalue weighted by molar-refractivity contribution is -0.127. The van der Waals surface area contributed by atoms with Crippen molar-refractivity contribution in [1.29, 1.82) is 0 Å². The topological polar surface area (TPSA) is 54.5 Å². The summed E-state index contributed by atoms with van der Waals surface area (Å²) in [7, 11) is 0. The Bertz CT molecular complexity index is 842. The highest BCUT2D eigenvalue weighted by atomic mass is 32.2. The average Bonchev–Trinajstić information content (AvgIpc) is 2.70. The fraction of sp³-hybridized carbons (Fsp3) is 0.667. The van der Waals surface area contributed by atoms with Crippen LogP contribution in [0, 0.1) is 47.1 Å². The number of imide groups is 1. The summed E-state index contributed by atoms with van der Waals surface area (Å²) in [4.78, 5) is 39.7. The van der Waals surface area contributed by atoms with Gasteiger partial charge in [0.1, 0.15) is 11.6 Å². The van der Waals surface area contributed by atoms with Crippen molar-refractivity contribution in [3.63, 3.8) is 0 Å². The SMILES string of the molecule is CC(C)C(C)CC(=O)Sc1cc(N(C(=O)CC(C)C(C)C)C(=O)CC(C)C(C)C)c(F)cc1F. The summed E-state index contributed by atoms with van der Waals surface area (Å²) >= 11 is 0.687. The summed E-state index contributed by atoms with van der Waals surface area (Å²) < 4.78 is 29.5. The molecule has 0 bridgehead atoms. The maximum absolute atomic E-state index is 15.0. The van der Waals surface area contributed by atoms with Crippen LogP contribution in [0.25, 0.3) is 0 Å². The number of hydrogen-bond donors (Lipinski definition) is 0. The van der Waals surface area contributed by atoms with Gasteiger partial charge in [-0.05, 0) is 53.3 Å². The highest BCUT2D eigenvalue weighted by molar-refractivity contribution is 8.13. The monoisotopic (exact) mass is 497 g/mol. The van der Waals surface area contributed by atoms with Crippen LogP contribution in [-0.2, 0) is 14.4 Å². The standard InChI is InChI=1S/C27H41F2NO3S/c1-15(2)18(7)10-25(31)30(26(32)11-19(8)16(3)4)23-14-24(22(29)13-21(23)28)34-27(33)12-20(9)17(5)6/h13-20H,10-12H2,1-9H3. The van der Waals surface area contributed by atoms with Crippen LogP contribution in [0.3, 0.4) is 0 Å². The van der Waals surface area contributed by atoms with Crippen molar-refractivity contribution in [1.82, 2.24) is 0 Å². The van der Waals surface area contributed by atoms with E-state index in [4.69, 9.17) is 0 Å². The van der Waals surface area contributed by atoms with Crippen molar-refractivity contribution in [2.24, 2.45) is 35.5 Å². The summed E-state index contributed by atoms with van der Waals surface area (Å²) in [5.74, 6) is -2.20. The number of anilines is 1. The molecule has 1 aromatic carbocycles. The Kier molecular flexibility index (Phi) is 11.9. The van der Waals surface area contributed by atoms with Gasteiger partial charge in [-0.15, -0.1) is 0 Å². The number of thioether (sulfide) groups is 1. The Morgan fingerprint density at radius 3 is 1.53 bits per heavy atom. The van der Waals surface area contributed by atoms with Crippen molar-refractivity contribution in [3.8, 4) is 0 Å². The van der Waals surface area contributed by atoms with Crippen LogP contribution in [0.15, 0.2) is 17.0 Å². The van der Waals surface area contributed by atoms with Gasteiger partial charge >= 0.3 is 0 Å². The van der Waals surface area contributed by atoms with Gasteiger partial charge in [0.15, 0.2) is 5.12 Å². The summed E-state index contributed by atoms with van der Waals surface area (Å²) in [5.41, 5.74) is -0.296. The molecule has 1 rings (SSSR count). The van der Waals surface area contributed by atoms with Crippen LogP contribution >= 0.6 is 11.8 Å². The van der Waals surface area contributed by atoms with Crippen LogP contribution in [0.1, 0.15) is 81.6 Å². The molecule has 3 unspecified atom stereocenters. The second-order valence-corrected chi connectivity index (χ2v) is 11.7. The van der Waals surface area contributed by atoms with Gasteiger partial charge in [0.2, 0.25) is 11.8 Å². The molecule has 0 N–H and O–H groups in total. The zero-order valence-electron chi connectivity index (χ0n) is 22.1. The maximum Gasteiger partial charge on any atom is 0.234 e. The molecule has 0 aliphatic heterocycles. The number of amides is 2. The molecule has 0 aromatic heterocycles. The molecule has 0 aliphatic carbocycles. The number of rotatable bonds is 11. The predicted molar refractivity (Wildman–Crippen MR) is 136 cm³/mol. The molecule has 0 spiro atoms. The first-order valence-electron chi connectivity index (χ1n) is 12.2. The molecule has 0 fully saturated rings. The summed E-state index contributed by atoms with van der Waals surface area (Å²) in [6, 6.07) is 1.78. The second-order valence-electron chi connectivity index (χ2n) is 10.6. The van der Waals surface area contributed by atoms with E-state index in [1.165, 1.54) is 0 Å². The Morgan fingerprint density at radius 2 is 1.12 bits per heavy atom. The Hall–Kier alpha value is -1.76. The first kappa shape index (κ1) is 30.3. The third kappa shape index (κ3) is 8.79. The quantitative estimate of drug-likeness (QED) is 0.297. The summed E-state index contributed by atoms with van der Waals surface area (Å²) in [5, 5.41) is -0.247. The lowest BCUT2D eigenvalue weighted by atomic mass is 9.92. The van der Waals surface area contributed by atoms with E-state index in [0.29, 0.717) is 17.8 Å². The number of carbonyl (C=O) groups is 3. The molecule has 1 aromatic rings. The molecular weight excluding hydrogens is 456 g/mol. The third-order valence-corrected chi connectivity index (χ3v) is 7.79. The first-order valence-corrected chi connectivity index (χ1v) is 13.0. The number of hydrogen-bond acceptors (Lipinski definition) is 4. The lowest BCUT2D eigenvalue weighted by Gasteiger charge is -2.26. The number of carbonyl (C=O) groups excluding carboxylic acids is 3. The Morgan fingerprint density at radius 1 is 0.706 bits per heavy atom. The highest BCUT2D eigenvalue weighted by Gasteiger charge is 2.30. The third-order valence-electron chi connectivity index (χ3n) is 6.86. The van der Waals surface area contributed by atoms with Crippen molar-refractivity contribution in [2.45, 2.75) is 86.5 Å². The van der Waals surface area contributed by atoms with Gasteiger partial charge < -0.3 is 0 Å². The van der Waals surface area contributed by atoms with Crippen molar-refractivity contribution >= 4 is 34.4 Å². The smallest absolute Gasteiger partial charge is 0.234 e. The van der Waals surface area contributed by atoms with E-state index < -0.39 is 23.4 Å². The molecule has 4 nitrogen and oxygen atoms in total. The summed E-state index contributed by atoms with van der Waals surface area (Å²) in [6.07, 6.45) is 0.362. The minimum Gasteiger partial charge on any atom is -0.287 e. The van der Waals surface area contributed by atoms with E-state index in [0.717, 1.165) is 11.0 Å². The molecule has 0 heterocycles. The number of halogens is 2. The van der Waals surface area contributed by atoms with E-state index in [1.807, 2.05) is 62.3 Å². The van der Waals surface area contributed by atoms with E-state index in [2.05, 4.69) is 0 Å². The molecule has 0 saturated heterocycles. The van der Waals surface area contributed by atoms with Gasteiger partial charge in [-0.1, -0.05) is 62.3 Å². The largest absolute Gasteiger partial charge is 0.287 e. The molecule has 2 amide bonds. The molecular formula is C27H41F2NO3S. The molecule has 192 valence electrons. The van der Waals surface area contributed by atoms with E-state index in [9.17, 15) is 23.2 Å². The first-order chi connectivity index (χ1) is 15.6. The molecule has 0 aliphatic rings. The zero-order valence-corrected chi connectivity index (χ0v) is 22.9. The van der Waals surface area contributed by atoms with Gasteiger partial charge in [0.25, 0.3) is 0 Å². The molecule has 7 heteroatoms. The second kappa shape index (κ2) is 13.4. The van der Waals surface area contributed by atoms with Gasteiger partial charge in [0, 0.05) is 25.3 Å². The molecule has 34 heavy (non-hydrogen) atoms. The number of benzene rings is 1. The minimum atomic E-state index is -0.999.